The van der Waals surface area contributed by atoms with Crippen molar-refractivity contribution in [3.05, 3.63) is 22.2 Å². The van der Waals surface area contributed by atoms with Gasteiger partial charge >= 0.3 is 0 Å². The van der Waals surface area contributed by atoms with Gasteiger partial charge < -0.3 is 9.88 Å². The van der Waals surface area contributed by atoms with Gasteiger partial charge in [0, 0.05) is 25.2 Å². The first-order valence-electron chi connectivity index (χ1n) is 7.79. The van der Waals surface area contributed by atoms with Crippen LogP contribution in [0, 0.1) is 6.92 Å². The van der Waals surface area contributed by atoms with Gasteiger partial charge in [0.25, 0.3) is 5.56 Å². The predicted molar refractivity (Wildman–Crippen MR) is 80.3 cm³/mol. The summed E-state index contributed by atoms with van der Waals surface area (Å²) in [5, 5.41) is 0. The molecule has 2 saturated heterocycles. The van der Waals surface area contributed by atoms with E-state index in [0.29, 0.717) is 11.9 Å². The van der Waals surface area contributed by atoms with Crippen LogP contribution in [-0.2, 0) is 0 Å². The summed E-state index contributed by atoms with van der Waals surface area (Å²) in [6.45, 7) is 6.34. The van der Waals surface area contributed by atoms with Crippen molar-refractivity contribution in [2.24, 2.45) is 0 Å². The lowest BCUT2D eigenvalue weighted by atomic mass is 10.1. The number of aryl methyl sites for hydroxylation is 1. The number of likely N-dealkylation sites (tertiary alicyclic amines) is 1. The highest BCUT2D eigenvalue weighted by Gasteiger charge is 2.26. The quantitative estimate of drug-likeness (QED) is 0.890. The van der Waals surface area contributed by atoms with Crippen LogP contribution in [-0.4, -0.2) is 47.1 Å². The second kappa shape index (κ2) is 5.95. The van der Waals surface area contributed by atoms with E-state index in [4.69, 9.17) is 0 Å². The highest BCUT2D eigenvalue weighted by Crippen LogP contribution is 2.22. The Morgan fingerprint density at radius 1 is 1.20 bits per heavy atom. The molecule has 3 rings (SSSR count). The van der Waals surface area contributed by atoms with Gasteiger partial charge in [-0.3, -0.25) is 9.69 Å². The number of nitrogens with one attached hydrogen (secondary N) is 1. The van der Waals surface area contributed by atoms with E-state index in [0.717, 1.165) is 18.9 Å². The summed E-state index contributed by atoms with van der Waals surface area (Å²) in [6, 6.07) is 2.26. The largest absolute Gasteiger partial charge is 0.355 e. The number of anilines is 1. The smallest absolute Gasteiger partial charge is 0.252 e. The lowest BCUT2D eigenvalue weighted by Crippen LogP contribution is -2.42. The predicted octanol–water partition coefficient (Wildman–Crippen LogP) is 1.53. The minimum atomic E-state index is -0.0468. The van der Waals surface area contributed by atoms with Gasteiger partial charge in [-0.1, -0.05) is 6.42 Å². The maximum absolute atomic E-state index is 11.6. The fourth-order valence-corrected chi connectivity index (χ4v) is 3.46. The molecule has 20 heavy (non-hydrogen) atoms. The maximum Gasteiger partial charge on any atom is 0.252 e. The molecular formula is C15H24N4O. The first-order chi connectivity index (χ1) is 9.72. The number of hydrogen-bond donors (Lipinski definition) is 1. The summed E-state index contributed by atoms with van der Waals surface area (Å²) in [4.78, 5) is 23.8. The molecule has 2 aliphatic heterocycles. The molecular weight excluding hydrogens is 252 g/mol. The second-order valence-corrected chi connectivity index (χ2v) is 6.03. The monoisotopic (exact) mass is 276 g/mol. The third kappa shape index (κ3) is 3.03. The van der Waals surface area contributed by atoms with E-state index in [-0.39, 0.29) is 5.56 Å². The minimum Gasteiger partial charge on any atom is -0.355 e. The first kappa shape index (κ1) is 13.6. The van der Waals surface area contributed by atoms with Crippen molar-refractivity contribution >= 4 is 5.82 Å². The number of aromatic amines is 1. The van der Waals surface area contributed by atoms with Gasteiger partial charge in [0.15, 0.2) is 0 Å². The van der Waals surface area contributed by atoms with E-state index >= 15 is 0 Å². The summed E-state index contributed by atoms with van der Waals surface area (Å²) in [5.41, 5.74) is -0.0468. The average Bonchev–Trinajstić information content (AvgIpc) is 2.82. The average molecular weight is 276 g/mol. The molecule has 2 fully saturated rings. The number of rotatable bonds is 2. The molecule has 0 amide bonds. The van der Waals surface area contributed by atoms with Crippen molar-refractivity contribution in [3.63, 3.8) is 0 Å². The molecule has 0 aliphatic carbocycles. The molecule has 5 nitrogen and oxygen atoms in total. The van der Waals surface area contributed by atoms with E-state index in [1.54, 1.807) is 6.07 Å². The van der Waals surface area contributed by atoms with Crippen LogP contribution in [0.3, 0.4) is 0 Å². The van der Waals surface area contributed by atoms with Crippen LogP contribution in [0.2, 0.25) is 0 Å². The first-order valence-corrected chi connectivity index (χ1v) is 7.79. The van der Waals surface area contributed by atoms with E-state index in [9.17, 15) is 4.79 Å². The Bertz CT molecular complexity index is 507. The van der Waals surface area contributed by atoms with Gasteiger partial charge in [0.1, 0.15) is 11.6 Å². The topological polar surface area (TPSA) is 52.2 Å². The second-order valence-electron chi connectivity index (χ2n) is 6.03. The van der Waals surface area contributed by atoms with Crippen LogP contribution in [0.5, 0.6) is 0 Å². The highest BCUT2D eigenvalue weighted by atomic mass is 16.1. The number of aromatic nitrogens is 2. The summed E-state index contributed by atoms with van der Waals surface area (Å²) in [6.07, 6.45) is 6.41. The van der Waals surface area contributed by atoms with Crippen LogP contribution < -0.4 is 10.5 Å². The zero-order valence-corrected chi connectivity index (χ0v) is 12.3. The normalized spacial score (nSPS) is 24.9. The van der Waals surface area contributed by atoms with Crippen molar-refractivity contribution in [2.75, 3.05) is 31.1 Å². The van der Waals surface area contributed by atoms with Crippen molar-refractivity contribution < 1.29 is 0 Å². The van der Waals surface area contributed by atoms with Gasteiger partial charge in [0.05, 0.1) is 0 Å². The zero-order valence-electron chi connectivity index (χ0n) is 12.3. The Balaban J connectivity index is 1.78. The van der Waals surface area contributed by atoms with Crippen molar-refractivity contribution in [3.8, 4) is 0 Å². The van der Waals surface area contributed by atoms with Crippen LogP contribution in [0.1, 0.15) is 37.9 Å². The lowest BCUT2D eigenvalue weighted by molar-refractivity contribution is 0.236. The molecule has 0 aromatic carbocycles. The fraction of sp³-hybridized carbons (Fsp3) is 0.733. The number of nitrogens with zero attached hydrogens (tertiary/aromatic N) is 3. The molecule has 5 heteroatoms. The molecule has 1 unspecified atom stereocenters. The molecule has 0 radical (unpaired) electrons. The van der Waals surface area contributed by atoms with E-state index < -0.39 is 0 Å². The number of hydrogen-bond acceptors (Lipinski definition) is 4. The van der Waals surface area contributed by atoms with Gasteiger partial charge in [-0.05, 0) is 45.7 Å². The molecule has 0 bridgehead atoms. The molecule has 0 spiro atoms. The minimum absolute atomic E-state index is 0.0468. The molecule has 0 saturated carbocycles. The Morgan fingerprint density at radius 3 is 2.70 bits per heavy atom. The molecule has 1 aromatic heterocycles. The Morgan fingerprint density at radius 2 is 1.95 bits per heavy atom. The van der Waals surface area contributed by atoms with Gasteiger partial charge in [-0.25, -0.2) is 4.98 Å². The standard InChI is InChI=1S/C15H24N4O/c1-12-16-14(10-15(20)17-12)19-9-3-2-6-13(11-19)18-7-4-5-8-18/h10,13H,2-9,11H2,1H3,(H,16,17,20). The van der Waals surface area contributed by atoms with Gasteiger partial charge in [-0.2, -0.15) is 0 Å². The van der Waals surface area contributed by atoms with E-state index in [1.165, 1.54) is 45.2 Å². The summed E-state index contributed by atoms with van der Waals surface area (Å²) in [7, 11) is 0. The maximum atomic E-state index is 11.6. The number of H-pyrrole nitrogens is 1. The van der Waals surface area contributed by atoms with Crippen molar-refractivity contribution in [1.82, 2.24) is 14.9 Å². The molecule has 1 N–H and O–H groups in total. The summed E-state index contributed by atoms with van der Waals surface area (Å²) >= 11 is 0. The SMILES string of the molecule is Cc1nc(N2CCCCC(N3CCCC3)C2)cc(=O)[nH]1. The van der Waals surface area contributed by atoms with Crippen molar-refractivity contribution in [2.45, 2.75) is 45.1 Å². The Kier molecular flexibility index (Phi) is 4.05. The molecule has 3 heterocycles. The lowest BCUT2D eigenvalue weighted by Gasteiger charge is -2.31. The van der Waals surface area contributed by atoms with Crippen LogP contribution in [0.15, 0.2) is 10.9 Å². The van der Waals surface area contributed by atoms with Crippen LogP contribution in [0.4, 0.5) is 5.82 Å². The summed E-state index contributed by atoms with van der Waals surface area (Å²) < 4.78 is 0. The van der Waals surface area contributed by atoms with E-state index in [1.807, 2.05) is 6.92 Å². The molecule has 1 atom stereocenters. The van der Waals surface area contributed by atoms with Crippen LogP contribution in [0.25, 0.3) is 0 Å². The van der Waals surface area contributed by atoms with Gasteiger partial charge in [0.2, 0.25) is 0 Å². The third-order valence-corrected chi connectivity index (χ3v) is 4.47. The Hall–Kier alpha value is -1.36. The van der Waals surface area contributed by atoms with Gasteiger partial charge in [-0.15, -0.1) is 0 Å². The molecule has 1 aromatic rings. The Labute approximate surface area is 120 Å². The van der Waals surface area contributed by atoms with Crippen molar-refractivity contribution in [1.29, 1.82) is 0 Å². The van der Waals surface area contributed by atoms with Crippen LogP contribution >= 0.6 is 0 Å². The fourth-order valence-electron chi connectivity index (χ4n) is 3.46. The summed E-state index contributed by atoms with van der Waals surface area (Å²) in [5.74, 6) is 1.55. The zero-order chi connectivity index (χ0) is 13.9. The molecule has 2 aliphatic rings. The highest BCUT2D eigenvalue weighted by molar-refractivity contribution is 5.38. The van der Waals surface area contributed by atoms with E-state index in [2.05, 4.69) is 19.8 Å². The third-order valence-electron chi connectivity index (χ3n) is 4.47. The molecule has 110 valence electrons.